The fourth-order valence-corrected chi connectivity index (χ4v) is 1.94. The Balaban J connectivity index is 3.03. The zero-order chi connectivity index (χ0) is 8.43. The van der Waals surface area contributed by atoms with Gasteiger partial charge >= 0.3 is 5.97 Å². The van der Waals surface area contributed by atoms with Crippen LogP contribution in [0.1, 0.15) is 9.67 Å². The molecule has 0 aromatic carbocycles. The van der Waals surface area contributed by atoms with Crippen LogP contribution in [0.5, 0.6) is 0 Å². The highest BCUT2D eigenvalue weighted by molar-refractivity contribution is 9.11. The van der Waals surface area contributed by atoms with E-state index in [1.807, 2.05) is 0 Å². The molecule has 1 aromatic rings. The normalized spacial score (nSPS) is 9.73. The number of thiophene rings is 1. The van der Waals surface area contributed by atoms with E-state index >= 15 is 0 Å². The summed E-state index contributed by atoms with van der Waals surface area (Å²) in [4.78, 5) is 10.8. The van der Waals surface area contributed by atoms with Crippen molar-refractivity contribution in [3.63, 3.8) is 0 Å². The first kappa shape index (κ1) is 8.67. The fraction of sp³-hybridized carbons (Fsp3) is 0.167. The zero-order valence-electron chi connectivity index (χ0n) is 5.56. The van der Waals surface area contributed by atoms with Crippen molar-refractivity contribution >= 4 is 33.2 Å². The molecule has 1 rings (SSSR count). The van der Waals surface area contributed by atoms with E-state index in [2.05, 4.69) is 20.7 Å². The molecule has 0 saturated carbocycles. The van der Waals surface area contributed by atoms with E-state index in [0.717, 1.165) is 11.3 Å². The Hall–Kier alpha value is -0.420. The number of carbonyl (C=O) groups excluding carboxylic acids is 1. The summed E-state index contributed by atoms with van der Waals surface area (Å²) in [5.41, 5.74) is 0. The van der Waals surface area contributed by atoms with Gasteiger partial charge in [0.25, 0.3) is 0 Å². The quantitative estimate of drug-likeness (QED) is 0.703. The molecule has 0 N–H and O–H groups in total. The Bertz CT molecular complexity index is 284. The first-order valence-electron chi connectivity index (χ1n) is 2.68. The number of ether oxygens (including phenoxy) is 1. The summed E-state index contributed by atoms with van der Waals surface area (Å²) in [6.07, 6.45) is 0. The predicted molar refractivity (Wildman–Crippen MR) is 43.3 cm³/mol. The van der Waals surface area contributed by atoms with E-state index in [1.54, 1.807) is 0 Å². The van der Waals surface area contributed by atoms with Crippen LogP contribution in [0.15, 0.2) is 9.85 Å². The van der Waals surface area contributed by atoms with Crippen molar-refractivity contribution in [2.75, 3.05) is 7.11 Å². The summed E-state index contributed by atoms with van der Waals surface area (Å²) in [6, 6.07) is 1.23. The minimum atomic E-state index is -0.641. The second kappa shape index (κ2) is 3.32. The topological polar surface area (TPSA) is 26.3 Å². The van der Waals surface area contributed by atoms with Crippen molar-refractivity contribution in [2.24, 2.45) is 0 Å². The molecule has 60 valence electrons. The molecule has 0 saturated heterocycles. The summed E-state index contributed by atoms with van der Waals surface area (Å²) in [5, 5.41) is 0. The van der Waals surface area contributed by atoms with Crippen molar-refractivity contribution < 1.29 is 13.9 Å². The molecule has 0 spiro atoms. The van der Waals surface area contributed by atoms with Gasteiger partial charge in [-0.1, -0.05) is 0 Å². The van der Waals surface area contributed by atoms with E-state index in [1.165, 1.54) is 13.2 Å². The lowest BCUT2D eigenvalue weighted by molar-refractivity contribution is 0.0601. The molecule has 1 heterocycles. The van der Waals surface area contributed by atoms with Gasteiger partial charge in [-0.15, -0.1) is 11.3 Å². The highest BCUT2D eigenvalue weighted by Gasteiger charge is 2.15. The van der Waals surface area contributed by atoms with E-state index in [-0.39, 0.29) is 4.88 Å². The van der Waals surface area contributed by atoms with Gasteiger partial charge in [0.15, 0.2) is 0 Å². The number of esters is 1. The largest absolute Gasteiger partial charge is 0.465 e. The molecule has 0 bridgehead atoms. The number of carbonyl (C=O) groups is 1. The van der Waals surface area contributed by atoms with Crippen LogP contribution >= 0.6 is 27.3 Å². The monoisotopic (exact) mass is 238 g/mol. The predicted octanol–water partition coefficient (Wildman–Crippen LogP) is 2.44. The lowest BCUT2D eigenvalue weighted by atomic mass is 10.4. The second-order valence-electron chi connectivity index (χ2n) is 1.72. The van der Waals surface area contributed by atoms with Gasteiger partial charge in [0.05, 0.1) is 10.9 Å². The smallest absolute Gasteiger partial charge is 0.351 e. The molecular formula is C6H4BrFO2S. The van der Waals surface area contributed by atoms with E-state index in [9.17, 15) is 9.18 Å². The van der Waals surface area contributed by atoms with Crippen molar-refractivity contribution in [3.8, 4) is 0 Å². The molecule has 5 heteroatoms. The number of methoxy groups -OCH3 is 1. The Morgan fingerprint density at radius 3 is 2.82 bits per heavy atom. The summed E-state index contributed by atoms with van der Waals surface area (Å²) in [7, 11) is 1.22. The standard InChI is InChI=1S/C6H4BrFO2S/c1-10-6(9)5-3(8)2-4(7)11-5/h2H,1H3. The highest BCUT2D eigenvalue weighted by atomic mass is 79.9. The minimum absolute atomic E-state index is 0.000579. The SMILES string of the molecule is COC(=O)c1sc(Br)cc1F. The van der Waals surface area contributed by atoms with Gasteiger partial charge in [0.1, 0.15) is 10.7 Å². The summed E-state index contributed by atoms with van der Waals surface area (Å²) >= 11 is 4.07. The van der Waals surface area contributed by atoms with Crippen LogP contribution in [-0.2, 0) is 4.74 Å². The van der Waals surface area contributed by atoms with Crippen LogP contribution in [-0.4, -0.2) is 13.1 Å². The number of rotatable bonds is 1. The second-order valence-corrected chi connectivity index (χ2v) is 4.15. The molecule has 0 amide bonds. The van der Waals surface area contributed by atoms with E-state index in [0.29, 0.717) is 3.79 Å². The number of halogens is 2. The molecule has 2 nitrogen and oxygen atoms in total. The van der Waals surface area contributed by atoms with Crippen LogP contribution in [0.3, 0.4) is 0 Å². The maximum atomic E-state index is 12.7. The van der Waals surface area contributed by atoms with Crippen LogP contribution < -0.4 is 0 Å². The van der Waals surface area contributed by atoms with Crippen molar-refractivity contribution in [3.05, 3.63) is 20.5 Å². The maximum Gasteiger partial charge on any atom is 0.351 e. The highest BCUT2D eigenvalue weighted by Crippen LogP contribution is 2.26. The average Bonchev–Trinajstić information content (AvgIpc) is 2.28. The summed E-state index contributed by atoms with van der Waals surface area (Å²) < 4.78 is 17.6. The molecule has 0 fully saturated rings. The molecular weight excluding hydrogens is 235 g/mol. The molecule has 0 aliphatic heterocycles. The van der Waals surface area contributed by atoms with Crippen molar-refractivity contribution in [2.45, 2.75) is 0 Å². The maximum absolute atomic E-state index is 12.7. The van der Waals surface area contributed by atoms with E-state index in [4.69, 9.17) is 0 Å². The van der Waals surface area contributed by atoms with Crippen LogP contribution in [0, 0.1) is 5.82 Å². The summed E-state index contributed by atoms with van der Waals surface area (Å²) in [5.74, 6) is -1.19. The van der Waals surface area contributed by atoms with Crippen LogP contribution in [0.25, 0.3) is 0 Å². The summed E-state index contributed by atoms with van der Waals surface area (Å²) in [6.45, 7) is 0. The first-order valence-corrected chi connectivity index (χ1v) is 4.29. The van der Waals surface area contributed by atoms with Crippen LogP contribution in [0.4, 0.5) is 4.39 Å². The fourth-order valence-electron chi connectivity index (χ4n) is 0.573. The molecule has 0 atom stereocenters. The zero-order valence-corrected chi connectivity index (χ0v) is 7.96. The van der Waals surface area contributed by atoms with Gasteiger partial charge < -0.3 is 4.74 Å². The molecule has 11 heavy (non-hydrogen) atoms. The van der Waals surface area contributed by atoms with Crippen molar-refractivity contribution in [1.82, 2.24) is 0 Å². The number of hydrogen-bond donors (Lipinski definition) is 0. The Morgan fingerprint density at radius 2 is 2.45 bits per heavy atom. The molecule has 0 radical (unpaired) electrons. The van der Waals surface area contributed by atoms with Gasteiger partial charge in [0.2, 0.25) is 0 Å². The third-order valence-electron chi connectivity index (χ3n) is 1.03. The molecule has 0 unspecified atom stereocenters. The van der Waals surface area contributed by atoms with E-state index < -0.39 is 11.8 Å². The van der Waals surface area contributed by atoms with Gasteiger partial charge in [-0.25, -0.2) is 9.18 Å². The third kappa shape index (κ3) is 1.78. The lowest BCUT2D eigenvalue weighted by Gasteiger charge is -1.92. The van der Waals surface area contributed by atoms with Gasteiger partial charge in [-0.05, 0) is 22.0 Å². The first-order chi connectivity index (χ1) is 5.15. The van der Waals surface area contributed by atoms with Crippen LogP contribution in [0.2, 0.25) is 0 Å². The third-order valence-corrected chi connectivity index (χ3v) is 2.62. The van der Waals surface area contributed by atoms with Gasteiger partial charge in [0, 0.05) is 0 Å². The molecule has 0 aliphatic carbocycles. The van der Waals surface area contributed by atoms with Gasteiger partial charge in [-0.3, -0.25) is 0 Å². The van der Waals surface area contributed by atoms with Gasteiger partial charge in [-0.2, -0.15) is 0 Å². The Kier molecular flexibility index (Phi) is 2.62. The number of hydrogen-bond acceptors (Lipinski definition) is 3. The average molecular weight is 239 g/mol. The molecule has 1 aromatic heterocycles. The minimum Gasteiger partial charge on any atom is -0.465 e. The van der Waals surface area contributed by atoms with Crippen molar-refractivity contribution in [1.29, 1.82) is 0 Å². The molecule has 0 aliphatic rings. The lowest BCUT2D eigenvalue weighted by Crippen LogP contribution is -1.99. The Labute approximate surface area is 75.1 Å². The Morgan fingerprint density at radius 1 is 1.82 bits per heavy atom.